The van der Waals surface area contributed by atoms with E-state index in [0.717, 1.165) is 25.3 Å². The molecule has 0 spiro atoms. The summed E-state index contributed by atoms with van der Waals surface area (Å²) >= 11 is 0. The molecule has 0 radical (unpaired) electrons. The fourth-order valence-electron chi connectivity index (χ4n) is 1.47. The molecule has 0 aromatic heterocycles. The smallest absolute Gasteiger partial charge is 0.419 e. The van der Waals surface area contributed by atoms with Crippen molar-refractivity contribution in [1.82, 2.24) is 0 Å². The monoisotopic (exact) mass is 216 g/mol. The van der Waals surface area contributed by atoms with Gasteiger partial charge in [0.15, 0.2) is 0 Å². The number of ether oxygens (including phenoxy) is 1. The highest BCUT2D eigenvalue weighted by Crippen LogP contribution is 2.37. The Balaban J connectivity index is 2.21. The van der Waals surface area contributed by atoms with Gasteiger partial charge in [-0.3, -0.25) is 0 Å². The van der Waals surface area contributed by atoms with Crippen molar-refractivity contribution in [3.8, 4) is 5.75 Å². The van der Waals surface area contributed by atoms with Gasteiger partial charge in [0.2, 0.25) is 0 Å². The van der Waals surface area contributed by atoms with E-state index in [4.69, 9.17) is 4.74 Å². The summed E-state index contributed by atoms with van der Waals surface area (Å²) < 4.78 is 42.9. The topological polar surface area (TPSA) is 9.23 Å². The number of rotatable bonds is 2. The summed E-state index contributed by atoms with van der Waals surface area (Å²) in [5.74, 6) is -0.0466. The van der Waals surface area contributed by atoms with Crippen molar-refractivity contribution in [2.24, 2.45) is 0 Å². The first-order valence-corrected chi connectivity index (χ1v) is 4.90. The Hall–Kier alpha value is -1.19. The van der Waals surface area contributed by atoms with Gasteiger partial charge in [-0.2, -0.15) is 13.2 Å². The molecule has 0 amide bonds. The molecule has 1 aliphatic rings. The van der Waals surface area contributed by atoms with Crippen LogP contribution in [0.25, 0.3) is 0 Å². The molecule has 0 aliphatic heterocycles. The fraction of sp³-hybridized carbons (Fsp3) is 0.455. The third-order valence-electron chi connectivity index (χ3n) is 2.54. The molecule has 1 aliphatic carbocycles. The summed E-state index contributed by atoms with van der Waals surface area (Å²) in [5.41, 5.74) is -0.683. The molecule has 2 rings (SSSR count). The number of alkyl halides is 3. The third-order valence-corrected chi connectivity index (χ3v) is 2.54. The Morgan fingerprint density at radius 3 is 2.33 bits per heavy atom. The standard InChI is InChI=1S/C11H11F3O/c12-11(13,14)9-6-1-2-7-10(9)15-8-4-3-5-8/h1-2,6-8H,3-5H2. The second kappa shape index (κ2) is 3.76. The van der Waals surface area contributed by atoms with Crippen LogP contribution in [0.3, 0.4) is 0 Å². The third kappa shape index (κ3) is 2.25. The van der Waals surface area contributed by atoms with Crippen LogP contribution in [0.1, 0.15) is 24.8 Å². The molecule has 0 bridgehead atoms. The molecule has 1 fully saturated rings. The highest BCUT2D eigenvalue weighted by molar-refractivity contribution is 5.35. The van der Waals surface area contributed by atoms with Crippen LogP contribution in [0, 0.1) is 0 Å². The Labute approximate surface area is 85.9 Å². The van der Waals surface area contributed by atoms with Gasteiger partial charge in [-0.05, 0) is 31.4 Å². The van der Waals surface area contributed by atoms with E-state index < -0.39 is 11.7 Å². The molecule has 0 heterocycles. The lowest BCUT2D eigenvalue weighted by atomic mass is 9.96. The van der Waals surface area contributed by atoms with Gasteiger partial charge in [0.1, 0.15) is 5.75 Å². The summed E-state index contributed by atoms with van der Waals surface area (Å²) in [5, 5.41) is 0. The maximum atomic E-state index is 12.5. The SMILES string of the molecule is FC(F)(F)c1ccccc1OC1CCC1. The van der Waals surface area contributed by atoms with Gasteiger partial charge in [0, 0.05) is 0 Å². The van der Waals surface area contributed by atoms with E-state index in [1.807, 2.05) is 0 Å². The molecule has 1 saturated carbocycles. The van der Waals surface area contributed by atoms with E-state index in [1.165, 1.54) is 12.1 Å². The zero-order valence-electron chi connectivity index (χ0n) is 8.05. The minimum absolute atomic E-state index is 0.0338. The second-order valence-corrected chi connectivity index (χ2v) is 3.66. The molecule has 0 saturated heterocycles. The molecule has 1 aromatic rings. The predicted molar refractivity (Wildman–Crippen MR) is 49.7 cm³/mol. The van der Waals surface area contributed by atoms with Crippen LogP contribution in [-0.2, 0) is 6.18 Å². The average Bonchev–Trinajstić information content (AvgIpc) is 2.10. The first-order chi connectivity index (χ1) is 7.07. The highest BCUT2D eigenvalue weighted by atomic mass is 19.4. The maximum Gasteiger partial charge on any atom is 0.419 e. The summed E-state index contributed by atoms with van der Waals surface area (Å²) in [4.78, 5) is 0. The molecule has 1 nitrogen and oxygen atoms in total. The van der Waals surface area contributed by atoms with Gasteiger partial charge in [0.05, 0.1) is 11.7 Å². The Kier molecular flexibility index (Phi) is 2.59. The summed E-state index contributed by atoms with van der Waals surface area (Å²) in [6.45, 7) is 0. The van der Waals surface area contributed by atoms with Crippen molar-refractivity contribution in [3.63, 3.8) is 0 Å². The first-order valence-electron chi connectivity index (χ1n) is 4.90. The maximum absolute atomic E-state index is 12.5. The van der Waals surface area contributed by atoms with E-state index in [0.29, 0.717) is 0 Å². The largest absolute Gasteiger partial charge is 0.490 e. The Morgan fingerprint density at radius 1 is 1.13 bits per heavy atom. The van der Waals surface area contributed by atoms with Crippen molar-refractivity contribution >= 4 is 0 Å². The molecular formula is C11H11F3O. The number of benzene rings is 1. The minimum atomic E-state index is -4.33. The van der Waals surface area contributed by atoms with Crippen molar-refractivity contribution in [1.29, 1.82) is 0 Å². The lowest BCUT2D eigenvalue weighted by Crippen LogP contribution is -2.25. The molecular weight excluding hydrogens is 205 g/mol. The van der Waals surface area contributed by atoms with Crippen LogP contribution in [0.5, 0.6) is 5.75 Å². The molecule has 82 valence electrons. The lowest BCUT2D eigenvalue weighted by Gasteiger charge is -2.27. The van der Waals surface area contributed by atoms with Crippen LogP contribution < -0.4 is 4.74 Å². The van der Waals surface area contributed by atoms with Crippen molar-refractivity contribution in [2.75, 3.05) is 0 Å². The van der Waals surface area contributed by atoms with Gasteiger partial charge >= 0.3 is 6.18 Å². The van der Waals surface area contributed by atoms with E-state index >= 15 is 0 Å². The summed E-state index contributed by atoms with van der Waals surface area (Å²) in [6.07, 6.45) is -1.62. The molecule has 0 N–H and O–H groups in total. The zero-order chi connectivity index (χ0) is 10.9. The minimum Gasteiger partial charge on any atom is -0.490 e. The van der Waals surface area contributed by atoms with Crippen LogP contribution in [0.15, 0.2) is 24.3 Å². The zero-order valence-corrected chi connectivity index (χ0v) is 8.05. The van der Waals surface area contributed by atoms with Gasteiger partial charge in [-0.25, -0.2) is 0 Å². The number of para-hydroxylation sites is 1. The Bertz CT molecular complexity index is 342. The van der Waals surface area contributed by atoms with Crippen molar-refractivity contribution in [3.05, 3.63) is 29.8 Å². The molecule has 0 unspecified atom stereocenters. The fourth-order valence-corrected chi connectivity index (χ4v) is 1.47. The van der Waals surface area contributed by atoms with Crippen LogP contribution in [0.2, 0.25) is 0 Å². The van der Waals surface area contributed by atoms with E-state index in [-0.39, 0.29) is 11.9 Å². The average molecular weight is 216 g/mol. The van der Waals surface area contributed by atoms with Crippen LogP contribution >= 0.6 is 0 Å². The van der Waals surface area contributed by atoms with Gasteiger partial charge < -0.3 is 4.74 Å². The van der Waals surface area contributed by atoms with Crippen molar-refractivity contribution < 1.29 is 17.9 Å². The highest BCUT2D eigenvalue weighted by Gasteiger charge is 2.35. The summed E-state index contributed by atoms with van der Waals surface area (Å²) in [6, 6.07) is 5.36. The van der Waals surface area contributed by atoms with Crippen molar-refractivity contribution in [2.45, 2.75) is 31.5 Å². The predicted octanol–water partition coefficient (Wildman–Crippen LogP) is 3.64. The molecule has 4 heteroatoms. The second-order valence-electron chi connectivity index (χ2n) is 3.66. The van der Waals surface area contributed by atoms with Gasteiger partial charge in [-0.1, -0.05) is 12.1 Å². The normalized spacial score (nSPS) is 17.3. The first kappa shape index (κ1) is 10.3. The molecule has 1 aromatic carbocycles. The van der Waals surface area contributed by atoms with E-state index in [1.54, 1.807) is 6.07 Å². The van der Waals surface area contributed by atoms with E-state index in [2.05, 4.69) is 0 Å². The lowest BCUT2D eigenvalue weighted by molar-refractivity contribution is -0.139. The number of hydrogen-bond donors (Lipinski definition) is 0. The number of hydrogen-bond acceptors (Lipinski definition) is 1. The molecule has 15 heavy (non-hydrogen) atoms. The number of halogens is 3. The van der Waals surface area contributed by atoms with Gasteiger partial charge in [0.25, 0.3) is 0 Å². The van der Waals surface area contributed by atoms with Crippen LogP contribution in [-0.4, -0.2) is 6.10 Å². The van der Waals surface area contributed by atoms with Gasteiger partial charge in [-0.15, -0.1) is 0 Å². The quantitative estimate of drug-likeness (QED) is 0.733. The van der Waals surface area contributed by atoms with Crippen LogP contribution in [0.4, 0.5) is 13.2 Å². The molecule has 0 atom stereocenters. The van der Waals surface area contributed by atoms with E-state index in [9.17, 15) is 13.2 Å². The summed E-state index contributed by atoms with van der Waals surface area (Å²) in [7, 11) is 0. The Morgan fingerprint density at radius 2 is 1.80 bits per heavy atom.